The number of nitrogens with one attached hydrogen (secondary N) is 1. The first-order valence-electron chi connectivity index (χ1n) is 8.70. The average molecular weight is 392 g/mol. The highest BCUT2D eigenvalue weighted by molar-refractivity contribution is 5.92. The lowest BCUT2D eigenvalue weighted by Gasteiger charge is -2.13. The molecule has 0 unspecified atom stereocenters. The van der Waals surface area contributed by atoms with E-state index in [-0.39, 0.29) is 11.5 Å². The molecule has 6 nitrogen and oxygen atoms in total. The molecule has 1 heterocycles. The van der Waals surface area contributed by atoms with E-state index in [0.717, 1.165) is 25.0 Å². The molecule has 1 N–H and O–H groups in total. The number of alkyl halides is 3. The summed E-state index contributed by atoms with van der Waals surface area (Å²) in [5.41, 5.74) is -0.0383. The zero-order valence-corrected chi connectivity index (χ0v) is 15.4. The van der Waals surface area contributed by atoms with Crippen molar-refractivity contribution in [3.63, 3.8) is 0 Å². The van der Waals surface area contributed by atoms with Gasteiger partial charge in [0.15, 0.2) is 17.3 Å². The number of ether oxygens (including phenoxy) is 2. The molecule has 9 heteroatoms. The molecule has 3 rings (SSSR count). The number of aromatic nitrogens is 3. The molecule has 0 saturated carbocycles. The summed E-state index contributed by atoms with van der Waals surface area (Å²) in [5.74, 6) is 1.27. The van der Waals surface area contributed by atoms with Crippen molar-refractivity contribution in [3.05, 3.63) is 42.0 Å². The van der Waals surface area contributed by atoms with Gasteiger partial charge in [0.05, 0.1) is 24.7 Å². The van der Waals surface area contributed by atoms with Crippen LogP contribution in [0.3, 0.4) is 0 Å². The Morgan fingerprint density at radius 1 is 1.07 bits per heavy atom. The molecule has 0 aliphatic rings. The van der Waals surface area contributed by atoms with Gasteiger partial charge in [0, 0.05) is 11.8 Å². The van der Waals surface area contributed by atoms with E-state index in [2.05, 4.69) is 27.7 Å². The molecular formula is C19H19F3N4O2. The summed E-state index contributed by atoms with van der Waals surface area (Å²) in [7, 11) is 1.51. The van der Waals surface area contributed by atoms with E-state index < -0.39 is 11.7 Å². The summed E-state index contributed by atoms with van der Waals surface area (Å²) in [6.45, 7) is 2.59. The summed E-state index contributed by atoms with van der Waals surface area (Å²) < 4.78 is 49.9. The Hall–Kier alpha value is -3.10. The zero-order valence-electron chi connectivity index (χ0n) is 15.4. The molecule has 0 spiro atoms. The Kier molecular flexibility index (Phi) is 5.81. The molecule has 0 radical (unpaired) electrons. The molecule has 2 aromatic carbocycles. The zero-order chi connectivity index (χ0) is 20.1. The van der Waals surface area contributed by atoms with Gasteiger partial charge in [0.1, 0.15) is 5.52 Å². The predicted molar refractivity (Wildman–Crippen MR) is 99.0 cm³/mol. The Morgan fingerprint density at radius 3 is 2.61 bits per heavy atom. The van der Waals surface area contributed by atoms with Crippen LogP contribution in [-0.4, -0.2) is 29.1 Å². The molecule has 3 aromatic rings. The molecule has 0 atom stereocenters. The lowest BCUT2D eigenvalue weighted by Crippen LogP contribution is -2.06. The number of nitrogens with zero attached hydrogens (tertiary/aromatic N) is 3. The van der Waals surface area contributed by atoms with E-state index >= 15 is 0 Å². The van der Waals surface area contributed by atoms with E-state index in [1.165, 1.54) is 19.2 Å². The van der Waals surface area contributed by atoms with E-state index in [4.69, 9.17) is 9.47 Å². The van der Waals surface area contributed by atoms with Crippen molar-refractivity contribution in [2.24, 2.45) is 0 Å². The number of methoxy groups -OCH3 is 1. The van der Waals surface area contributed by atoms with Crippen molar-refractivity contribution in [1.29, 1.82) is 0 Å². The van der Waals surface area contributed by atoms with Crippen LogP contribution in [0.2, 0.25) is 0 Å². The van der Waals surface area contributed by atoms with E-state index in [0.29, 0.717) is 29.0 Å². The van der Waals surface area contributed by atoms with Crippen LogP contribution in [0, 0.1) is 0 Å². The second kappa shape index (κ2) is 8.28. The fourth-order valence-corrected chi connectivity index (χ4v) is 2.59. The maximum Gasteiger partial charge on any atom is 0.416 e. The van der Waals surface area contributed by atoms with Crippen LogP contribution in [0.1, 0.15) is 25.3 Å². The average Bonchev–Trinajstić information content (AvgIpc) is 2.67. The molecule has 0 bridgehead atoms. The fraction of sp³-hybridized carbons (Fsp3) is 0.316. The van der Waals surface area contributed by atoms with Gasteiger partial charge in [-0.2, -0.15) is 13.2 Å². The van der Waals surface area contributed by atoms with E-state index in [9.17, 15) is 13.2 Å². The third kappa shape index (κ3) is 4.41. The largest absolute Gasteiger partial charge is 0.493 e. The summed E-state index contributed by atoms with van der Waals surface area (Å²) in [6.07, 6.45) is -2.55. The quantitative estimate of drug-likeness (QED) is 0.572. The molecule has 0 fully saturated rings. The molecule has 1 aromatic heterocycles. The smallest absolute Gasteiger partial charge is 0.416 e. The normalized spacial score (nSPS) is 11.5. The highest BCUT2D eigenvalue weighted by Gasteiger charge is 2.30. The lowest BCUT2D eigenvalue weighted by atomic mass is 10.1. The van der Waals surface area contributed by atoms with Crippen molar-refractivity contribution < 1.29 is 22.6 Å². The minimum Gasteiger partial charge on any atom is -0.493 e. The van der Waals surface area contributed by atoms with Crippen molar-refractivity contribution in [2.45, 2.75) is 25.9 Å². The van der Waals surface area contributed by atoms with E-state index in [1.807, 2.05) is 0 Å². The molecule has 0 aliphatic carbocycles. The molecule has 148 valence electrons. The molecule has 28 heavy (non-hydrogen) atoms. The summed E-state index contributed by atoms with van der Waals surface area (Å²) in [5, 5.41) is 15.0. The molecule has 0 saturated heterocycles. The molecule has 0 aliphatic heterocycles. The van der Waals surface area contributed by atoms with Crippen molar-refractivity contribution in [2.75, 3.05) is 19.0 Å². The first-order chi connectivity index (χ1) is 13.4. The van der Waals surface area contributed by atoms with Crippen LogP contribution < -0.4 is 14.8 Å². The first kappa shape index (κ1) is 19.7. The lowest BCUT2D eigenvalue weighted by molar-refractivity contribution is -0.137. The number of hydrogen-bond donors (Lipinski definition) is 1. The van der Waals surface area contributed by atoms with Crippen molar-refractivity contribution >= 4 is 22.4 Å². The Morgan fingerprint density at radius 2 is 1.89 bits per heavy atom. The number of unbranched alkanes of at least 4 members (excludes halogenated alkanes) is 1. The number of benzene rings is 2. The van der Waals surface area contributed by atoms with Crippen LogP contribution in [0.4, 0.5) is 24.7 Å². The van der Waals surface area contributed by atoms with Crippen molar-refractivity contribution in [1.82, 2.24) is 15.4 Å². The van der Waals surface area contributed by atoms with Crippen LogP contribution in [-0.2, 0) is 6.18 Å². The number of rotatable bonds is 7. The van der Waals surface area contributed by atoms with Crippen LogP contribution in [0.5, 0.6) is 11.5 Å². The Bertz CT molecular complexity index is 964. The summed E-state index contributed by atoms with van der Waals surface area (Å²) in [4.78, 5) is 0. The minimum atomic E-state index is -4.43. The fourth-order valence-electron chi connectivity index (χ4n) is 2.59. The van der Waals surface area contributed by atoms with Crippen LogP contribution in [0.15, 0.2) is 36.4 Å². The number of hydrogen-bond acceptors (Lipinski definition) is 6. The van der Waals surface area contributed by atoms with Crippen LogP contribution >= 0.6 is 0 Å². The SMILES string of the molecule is CCCCOc1cc2nnnc(Nc3cccc(C(F)(F)F)c3)c2cc1OC. The third-order valence-corrected chi connectivity index (χ3v) is 4.04. The third-order valence-electron chi connectivity index (χ3n) is 4.04. The first-order valence-corrected chi connectivity index (χ1v) is 8.70. The van der Waals surface area contributed by atoms with Gasteiger partial charge in [-0.05, 0) is 35.9 Å². The monoisotopic (exact) mass is 392 g/mol. The van der Waals surface area contributed by atoms with Gasteiger partial charge in [-0.15, -0.1) is 10.2 Å². The summed E-state index contributed by atoms with van der Waals surface area (Å²) >= 11 is 0. The maximum absolute atomic E-state index is 12.9. The van der Waals surface area contributed by atoms with Gasteiger partial charge >= 0.3 is 6.18 Å². The Balaban J connectivity index is 1.96. The number of fused-ring (bicyclic) bond motifs is 1. The minimum absolute atomic E-state index is 0.235. The van der Waals surface area contributed by atoms with Gasteiger partial charge in [0.25, 0.3) is 0 Å². The van der Waals surface area contributed by atoms with Gasteiger partial charge < -0.3 is 14.8 Å². The second-order valence-corrected chi connectivity index (χ2v) is 6.06. The second-order valence-electron chi connectivity index (χ2n) is 6.06. The molecule has 0 amide bonds. The highest BCUT2D eigenvalue weighted by Crippen LogP contribution is 2.35. The highest BCUT2D eigenvalue weighted by atomic mass is 19.4. The standard InChI is InChI=1S/C19H19F3N4O2/c1-3-4-8-28-17-11-15-14(10-16(17)27-2)18(25-26-24-15)23-13-7-5-6-12(9-13)19(20,21)22/h5-7,9-11H,3-4,8H2,1-2H3,(H,23,24,25). The van der Waals surface area contributed by atoms with Gasteiger partial charge in [-0.3, -0.25) is 0 Å². The predicted octanol–water partition coefficient (Wildman–Crippen LogP) is 4.97. The number of halogens is 3. The van der Waals surface area contributed by atoms with Crippen molar-refractivity contribution in [3.8, 4) is 11.5 Å². The van der Waals surface area contributed by atoms with Crippen LogP contribution in [0.25, 0.3) is 10.9 Å². The Labute approximate surface area is 159 Å². The van der Waals surface area contributed by atoms with Gasteiger partial charge in [0.2, 0.25) is 0 Å². The van der Waals surface area contributed by atoms with E-state index in [1.54, 1.807) is 12.1 Å². The molecular weight excluding hydrogens is 373 g/mol. The topological polar surface area (TPSA) is 69.2 Å². The summed E-state index contributed by atoms with van der Waals surface area (Å²) in [6, 6.07) is 8.20. The maximum atomic E-state index is 12.9. The number of anilines is 2. The van der Waals surface area contributed by atoms with Gasteiger partial charge in [-0.25, -0.2) is 0 Å². The van der Waals surface area contributed by atoms with Gasteiger partial charge in [-0.1, -0.05) is 19.4 Å².